The topological polar surface area (TPSA) is 125 Å². The van der Waals surface area contributed by atoms with E-state index in [0.29, 0.717) is 0 Å². The number of carboxylic acid groups (broad SMARTS) is 1. The second-order valence-electron chi connectivity index (χ2n) is 2.68. The molecule has 72 valence electrons. The minimum Gasteiger partial charge on any atom is -0.478 e. The van der Waals surface area contributed by atoms with E-state index in [9.17, 15) is 9.59 Å². The number of hydrogen-bond acceptors (Lipinski definition) is 4. The Labute approximate surface area is 76.6 Å². The molecule has 2 heterocycles. The number of aromatic amines is 2. The molecule has 2 aromatic rings. The normalized spacial score (nSPS) is 10.6. The summed E-state index contributed by atoms with van der Waals surface area (Å²) in [6, 6.07) is 0. The van der Waals surface area contributed by atoms with E-state index in [1.165, 1.54) is 6.20 Å². The van der Waals surface area contributed by atoms with Gasteiger partial charge >= 0.3 is 5.97 Å². The molecular formula is C7H6N4O3. The van der Waals surface area contributed by atoms with E-state index in [1.54, 1.807) is 0 Å². The van der Waals surface area contributed by atoms with E-state index < -0.39 is 11.5 Å². The Morgan fingerprint density at radius 2 is 2.29 bits per heavy atom. The number of aromatic carboxylic acids is 1. The molecule has 0 saturated heterocycles. The van der Waals surface area contributed by atoms with Crippen LogP contribution in [0.3, 0.4) is 0 Å². The number of anilines is 1. The molecule has 0 unspecified atom stereocenters. The van der Waals surface area contributed by atoms with E-state index in [2.05, 4.69) is 15.0 Å². The molecule has 0 amide bonds. The minimum atomic E-state index is -1.16. The number of aromatic nitrogens is 3. The Balaban J connectivity index is 2.92. The van der Waals surface area contributed by atoms with Crippen LogP contribution in [0.4, 0.5) is 5.95 Å². The van der Waals surface area contributed by atoms with Gasteiger partial charge in [0.05, 0.1) is 0 Å². The molecular weight excluding hydrogens is 188 g/mol. The van der Waals surface area contributed by atoms with Crippen LogP contribution in [-0.2, 0) is 0 Å². The van der Waals surface area contributed by atoms with Gasteiger partial charge in [-0.2, -0.15) is 0 Å². The highest BCUT2D eigenvalue weighted by molar-refractivity contribution is 6.01. The maximum Gasteiger partial charge on any atom is 0.339 e. The van der Waals surface area contributed by atoms with Gasteiger partial charge < -0.3 is 15.8 Å². The van der Waals surface area contributed by atoms with Crippen LogP contribution in [0.1, 0.15) is 10.4 Å². The molecule has 0 atom stereocenters. The van der Waals surface area contributed by atoms with Gasteiger partial charge in [0, 0.05) is 6.20 Å². The van der Waals surface area contributed by atoms with Crippen LogP contribution in [-0.4, -0.2) is 26.0 Å². The number of hydrogen-bond donors (Lipinski definition) is 4. The highest BCUT2D eigenvalue weighted by Gasteiger charge is 2.14. The van der Waals surface area contributed by atoms with Crippen molar-refractivity contribution in [1.29, 1.82) is 0 Å². The first-order valence-electron chi connectivity index (χ1n) is 3.70. The molecule has 0 aliphatic heterocycles. The third kappa shape index (κ3) is 1.03. The first kappa shape index (κ1) is 8.30. The van der Waals surface area contributed by atoms with Crippen molar-refractivity contribution in [3.8, 4) is 0 Å². The number of fused-ring (bicyclic) bond motifs is 1. The average molecular weight is 194 g/mol. The highest BCUT2D eigenvalue weighted by Crippen LogP contribution is 2.12. The lowest BCUT2D eigenvalue weighted by atomic mass is 10.3. The Morgan fingerprint density at radius 1 is 1.57 bits per heavy atom. The Hall–Kier alpha value is -2.31. The Kier molecular flexibility index (Phi) is 1.53. The van der Waals surface area contributed by atoms with Crippen molar-refractivity contribution in [1.82, 2.24) is 15.0 Å². The van der Waals surface area contributed by atoms with Gasteiger partial charge in [-0.25, -0.2) is 9.78 Å². The summed E-state index contributed by atoms with van der Waals surface area (Å²) < 4.78 is 0. The maximum atomic E-state index is 11.2. The standard InChI is InChI=1S/C7H6N4O3/c8-7-10-3-2(6(13)14)1-9-4(3)5(12)11-7/h1,9H,(H,13,14)(H3,8,10,11,12). The van der Waals surface area contributed by atoms with Crippen molar-refractivity contribution in [2.75, 3.05) is 5.73 Å². The zero-order chi connectivity index (χ0) is 10.3. The average Bonchev–Trinajstić information content (AvgIpc) is 2.47. The number of carboxylic acids is 1. The largest absolute Gasteiger partial charge is 0.478 e. The monoisotopic (exact) mass is 194 g/mol. The van der Waals surface area contributed by atoms with Gasteiger partial charge in [0.25, 0.3) is 5.56 Å². The smallest absolute Gasteiger partial charge is 0.339 e. The van der Waals surface area contributed by atoms with Crippen LogP contribution < -0.4 is 11.3 Å². The van der Waals surface area contributed by atoms with Gasteiger partial charge in [0.15, 0.2) is 0 Å². The molecule has 2 aromatic heterocycles. The van der Waals surface area contributed by atoms with E-state index >= 15 is 0 Å². The SMILES string of the molecule is Nc1nc2c(C(=O)O)c[nH]c2c(=O)[nH]1. The fraction of sp³-hybridized carbons (Fsp3) is 0. The zero-order valence-corrected chi connectivity index (χ0v) is 6.87. The molecule has 0 bridgehead atoms. The molecule has 0 saturated carbocycles. The summed E-state index contributed by atoms with van der Waals surface area (Å²) in [6.07, 6.45) is 1.20. The van der Waals surface area contributed by atoms with Gasteiger partial charge in [0.1, 0.15) is 16.6 Å². The summed E-state index contributed by atoms with van der Waals surface area (Å²) in [6.45, 7) is 0. The predicted molar refractivity (Wildman–Crippen MR) is 48.1 cm³/mol. The van der Waals surface area contributed by atoms with Gasteiger partial charge in [-0.15, -0.1) is 0 Å². The molecule has 2 rings (SSSR count). The Bertz CT molecular complexity index is 568. The van der Waals surface area contributed by atoms with Crippen LogP contribution in [0.25, 0.3) is 11.0 Å². The summed E-state index contributed by atoms with van der Waals surface area (Å²) in [5.74, 6) is -1.27. The number of carbonyl (C=O) groups is 1. The number of nitrogens with two attached hydrogens (primary N) is 1. The van der Waals surface area contributed by atoms with Crippen LogP contribution >= 0.6 is 0 Å². The quantitative estimate of drug-likeness (QED) is 0.488. The van der Waals surface area contributed by atoms with Crippen molar-refractivity contribution in [2.45, 2.75) is 0 Å². The van der Waals surface area contributed by atoms with Crippen LogP contribution in [0.2, 0.25) is 0 Å². The fourth-order valence-corrected chi connectivity index (χ4v) is 1.20. The maximum absolute atomic E-state index is 11.2. The van der Waals surface area contributed by atoms with Crippen molar-refractivity contribution in [3.63, 3.8) is 0 Å². The van der Waals surface area contributed by atoms with Crippen molar-refractivity contribution in [2.24, 2.45) is 0 Å². The zero-order valence-electron chi connectivity index (χ0n) is 6.87. The molecule has 0 spiro atoms. The molecule has 7 nitrogen and oxygen atoms in total. The van der Waals surface area contributed by atoms with Crippen LogP contribution in [0, 0.1) is 0 Å². The summed E-state index contributed by atoms with van der Waals surface area (Å²) >= 11 is 0. The van der Waals surface area contributed by atoms with E-state index in [-0.39, 0.29) is 22.5 Å². The molecule has 0 fully saturated rings. The van der Waals surface area contributed by atoms with Gasteiger partial charge in [-0.05, 0) is 0 Å². The lowest BCUT2D eigenvalue weighted by Crippen LogP contribution is -2.11. The summed E-state index contributed by atoms with van der Waals surface area (Å²) in [5.41, 5.74) is 4.90. The highest BCUT2D eigenvalue weighted by atomic mass is 16.4. The molecule has 7 heteroatoms. The van der Waals surface area contributed by atoms with Crippen LogP contribution in [0.15, 0.2) is 11.0 Å². The number of nitrogens with one attached hydrogen (secondary N) is 2. The molecule has 14 heavy (non-hydrogen) atoms. The summed E-state index contributed by atoms with van der Waals surface area (Å²) in [7, 11) is 0. The van der Waals surface area contributed by atoms with E-state index in [0.717, 1.165) is 0 Å². The van der Waals surface area contributed by atoms with Gasteiger partial charge in [0.2, 0.25) is 5.95 Å². The third-order valence-electron chi connectivity index (χ3n) is 1.78. The van der Waals surface area contributed by atoms with Gasteiger partial charge in [-0.1, -0.05) is 0 Å². The Morgan fingerprint density at radius 3 is 2.93 bits per heavy atom. The van der Waals surface area contributed by atoms with Crippen LogP contribution in [0.5, 0.6) is 0 Å². The number of H-pyrrole nitrogens is 2. The molecule has 5 N–H and O–H groups in total. The minimum absolute atomic E-state index is 0.0683. The third-order valence-corrected chi connectivity index (χ3v) is 1.78. The first-order valence-corrected chi connectivity index (χ1v) is 3.70. The first-order chi connectivity index (χ1) is 6.59. The van der Waals surface area contributed by atoms with E-state index in [4.69, 9.17) is 10.8 Å². The van der Waals surface area contributed by atoms with E-state index in [1.807, 2.05) is 0 Å². The molecule has 0 aromatic carbocycles. The summed E-state index contributed by atoms with van der Waals surface area (Å²) in [5, 5.41) is 8.74. The molecule has 0 aliphatic rings. The lowest BCUT2D eigenvalue weighted by molar-refractivity contribution is 0.0699. The number of nitrogen functional groups attached to an aromatic ring is 1. The van der Waals surface area contributed by atoms with Gasteiger partial charge in [-0.3, -0.25) is 9.78 Å². The second kappa shape index (κ2) is 2.59. The lowest BCUT2D eigenvalue weighted by Gasteiger charge is -1.93. The second-order valence-corrected chi connectivity index (χ2v) is 2.68. The number of nitrogens with zero attached hydrogens (tertiary/aromatic N) is 1. The number of rotatable bonds is 1. The summed E-state index contributed by atoms with van der Waals surface area (Å²) in [4.78, 5) is 30.4. The van der Waals surface area contributed by atoms with Crippen molar-refractivity contribution in [3.05, 3.63) is 22.1 Å². The fourth-order valence-electron chi connectivity index (χ4n) is 1.20. The van der Waals surface area contributed by atoms with Crippen molar-refractivity contribution < 1.29 is 9.90 Å². The predicted octanol–water partition coefficient (Wildman–Crippen LogP) is -0.468. The molecule has 0 radical (unpaired) electrons. The van der Waals surface area contributed by atoms with Crippen molar-refractivity contribution >= 4 is 23.0 Å². The molecule has 0 aliphatic carbocycles.